The third kappa shape index (κ3) is 3.82. The molecule has 0 saturated heterocycles. The number of halogens is 1. The molecule has 4 rings (SSSR count). The van der Waals surface area contributed by atoms with Gasteiger partial charge in [-0.25, -0.2) is 9.37 Å². The SMILES string of the molecule is CCOc1ccc(C(=O)Cn2cnc3scc(-c4ccc(F)cc4)c3c2=O)cc1. The van der Waals surface area contributed by atoms with Crippen LogP contribution in [-0.4, -0.2) is 21.9 Å². The second kappa shape index (κ2) is 7.97. The first-order valence-corrected chi connectivity index (χ1v) is 9.93. The van der Waals surface area contributed by atoms with Gasteiger partial charge in [0.25, 0.3) is 5.56 Å². The number of hydrogen-bond donors (Lipinski definition) is 0. The van der Waals surface area contributed by atoms with E-state index in [2.05, 4.69) is 4.98 Å². The number of carbonyl (C=O) groups excluding carboxylic acids is 1. The lowest BCUT2D eigenvalue weighted by atomic mass is 10.1. The van der Waals surface area contributed by atoms with Crippen LogP contribution in [0, 0.1) is 5.82 Å². The first-order chi connectivity index (χ1) is 14.1. The normalized spacial score (nSPS) is 11.0. The van der Waals surface area contributed by atoms with Crippen molar-refractivity contribution in [1.82, 2.24) is 9.55 Å². The Morgan fingerprint density at radius 3 is 2.55 bits per heavy atom. The molecule has 4 aromatic rings. The minimum atomic E-state index is -0.343. The van der Waals surface area contributed by atoms with Crippen LogP contribution in [0.3, 0.4) is 0 Å². The molecule has 0 aliphatic heterocycles. The summed E-state index contributed by atoms with van der Waals surface area (Å²) >= 11 is 1.34. The van der Waals surface area contributed by atoms with Crippen LogP contribution >= 0.6 is 11.3 Å². The lowest BCUT2D eigenvalue weighted by Gasteiger charge is -2.07. The number of rotatable bonds is 6. The number of aromatic nitrogens is 2. The monoisotopic (exact) mass is 408 g/mol. The van der Waals surface area contributed by atoms with Crippen LogP contribution in [0.2, 0.25) is 0 Å². The first-order valence-electron chi connectivity index (χ1n) is 9.05. The molecular weight excluding hydrogens is 391 g/mol. The van der Waals surface area contributed by atoms with Crippen LogP contribution in [0.1, 0.15) is 17.3 Å². The molecule has 29 heavy (non-hydrogen) atoms. The van der Waals surface area contributed by atoms with Crippen LogP contribution in [0.5, 0.6) is 5.75 Å². The lowest BCUT2D eigenvalue weighted by Crippen LogP contribution is -2.24. The standard InChI is InChI=1S/C22H17FN2O3S/c1-2-28-17-9-5-15(6-10-17)19(26)11-25-13-24-21-20(22(25)27)18(12-29-21)14-3-7-16(23)8-4-14/h3-10,12-13H,2,11H2,1H3. The molecule has 0 fully saturated rings. The van der Waals surface area contributed by atoms with E-state index < -0.39 is 0 Å². The zero-order valence-electron chi connectivity index (χ0n) is 15.6. The average molecular weight is 408 g/mol. The molecule has 0 atom stereocenters. The number of ether oxygens (including phenoxy) is 1. The number of thiophene rings is 1. The van der Waals surface area contributed by atoms with E-state index in [0.29, 0.717) is 33.7 Å². The Hall–Kier alpha value is -3.32. The molecule has 0 unspecified atom stereocenters. The van der Waals surface area contributed by atoms with Crippen molar-refractivity contribution in [3.05, 3.63) is 82.0 Å². The van der Waals surface area contributed by atoms with Gasteiger partial charge in [0.05, 0.1) is 24.9 Å². The molecule has 0 N–H and O–H groups in total. The molecule has 2 aromatic heterocycles. The van der Waals surface area contributed by atoms with Crippen molar-refractivity contribution in [3.63, 3.8) is 0 Å². The largest absolute Gasteiger partial charge is 0.494 e. The second-order valence-electron chi connectivity index (χ2n) is 6.39. The molecule has 0 radical (unpaired) electrons. The predicted molar refractivity (Wildman–Crippen MR) is 111 cm³/mol. The van der Waals surface area contributed by atoms with Gasteiger partial charge in [-0.05, 0) is 48.9 Å². The summed E-state index contributed by atoms with van der Waals surface area (Å²) in [5.74, 6) is 0.145. The van der Waals surface area contributed by atoms with E-state index in [4.69, 9.17) is 4.74 Å². The van der Waals surface area contributed by atoms with E-state index in [1.54, 1.807) is 36.4 Å². The summed E-state index contributed by atoms with van der Waals surface area (Å²) in [6, 6.07) is 12.8. The number of Topliss-reactive ketones (excluding diaryl/α,β-unsaturated/α-hetero) is 1. The maximum Gasteiger partial charge on any atom is 0.263 e. The number of ketones is 1. The highest BCUT2D eigenvalue weighted by Crippen LogP contribution is 2.30. The molecule has 0 amide bonds. The second-order valence-corrected chi connectivity index (χ2v) is 7.25. The quantitative estimate of drug-likeness (QED) is 0.439. The predicted octanol–water partition coefficient (Wildman–Crippen LogP) is 4.55. The molecule has 0 aliphatic carbocycles. The molecule has 0 saturated carbocycles. The fraction of sp³-hybridized carbons (Fsp3) is 0.136. The maximum absolute atomic E-state index is 13.2. The summed E-state index contributed by atoms with van der Waals surface area (Å²) in [5.41, 5.74) is 1.61. The maximum atomic E-state index is 13.2. The van der Waals surface area contributed by atoms with Crippen LogP contribution in [-0.2, 0) is 6.54 Å². The van der Waals surface area contributed by atoms with Gasteiger partial charge in [-0.3, -0.25) is 14.2 Å². The van der Waals surface area contributed by atoms with Gasteiger partial charge in [0, 0.05) is 16.5 Å². The Morgan fingerprint density at radius 2 is 1.86 bits per heavy atom. The Labute approximate surface area is 170 Å². The summed E-state index contributed by atoms with van der Waals surface area (Å²) in [6.07, 6.45) is 1.39. The highest BCUT2D eigenvalue weighted by molar-refractivity contribution is 7.17. The van der Waals surface area contributed by atoms with E-state index in [-0.39, 0.29) is 23.7 Å². The molecule has 7 heteroatoms. The van der Waals surface area contributed by atoms with E-state index in [1.165, 1.54) is 34.4 Å². The average Bonchev–Trinajstić information content (AvgIpc) is 3.16. The van der Waals surface area contributed by atoms with Crippen molar-refractivity contribution in [1.29, 1.82) is 0 Å². The number of hydrogen-bond acceptors (Lipinski definition) is 5. The lowest BCUT2D eigenvalue weighted by molar-refractivity contribution is 0.0970. The van der Waals surface area contributed by atoms with Gasteiger partial charge < -0.3 is 4.74 Å². The first kappa shape index (κ1) is 19.0. The fourth-order valence-corrected chi connectivity index (χ4v) is 3.98. The van der Waals surface area contributed by atoms with E-state index in [9.17, 15) is 14.0 Å². The molecular formula is C22H17FN2O3S. The van der Waals surface area contributed by atoms with Crippen molar-refractivity contribution >= 4 is 27.3 Å². The van der Waals surface area contributed by atoms with E-state index >= 15 is 0 Å². The number of nitrogens with zero attached hydrogens (tertiary/aromatic N) is 2. The van der Waals surface area contributed by atoms with Crippen molar-refractivity contribution in [2.24, 2.45) is 0 Å². The Kier molecular flexibility index (Phi) is 5.22. The fourth-order valence-electron chi connectivity index (χ4n) is 3.07. The molecule has 2 aromatic carbocycles. The van der Waals surface area contributed by atoms with Gasteiger partial charge in [-0.1, -0.05) is 12.1 Å². The molecule has 146 valence electrons. The van der Waals surface area contributed by atoms with Crippen molar-refractivity contribution in [2.75, 3.05) is 6.61 Å². The highest BCUT2D eigenvalue weighted by atomic mass is 32.1. The van der Waals surface area contributed by atoms with E-state index in [0.717, 1.165) is 5.56 Å². The molecule has 0 bridgehead atoms. The van der Waals surface area contributed by atoms with Crippen molar-refractivity contribution in [3.8, 4) is 16.9 Å². The molecule has 2 heterocycles. The van der Waals surface area contributed by atoms with Crippen LogP contribution in [0.4, 0.5) is 4.39 Å². The highest BCUT2D eigenvalue weighted by Gasteiger charge is 2.15. The molecule has 0 spiro atoms. The third-order valence-electron chi connectivity index (χ3n) is 4.52. The summed E-state index contributed by atoms with van der Waals surface area (Å²) in [5, 5.41) is 2.26. The summed E-state index contributed by atoms with van der Waals surface area (Å²) in [6.45, 7) is 2.32. The van der Waals surface area contributed by atoms with Gasteiger partial charge >= 0.3 is 0 Å². The van der Waals surface area contributed by atoms with Gasteiger partial charge in [-0.2, -0.15) is 0 Å². The van der Waals surface area contributed by atoms with E-state index in [1.807, 2.05) is 12.3 Å². The topological polar surface area (TPSA) is 61.2 Å². The number of fused-ring (bicyclic) bond motifs is 1. The third-order valence-corrected chi connectivity index (χ3v) is 5.40. The van der Waals surface area contributed by atoms with Crippen molar-refractivity contribution < 1.29 is 13.9 Å². The Balaban J connectivity index is 1.67. The zero-order chi connectivity index (χ0) is 20.4. The number of carbonyl (C=O) groups is 1. The number of benzene rings is 2. The van der Waals surface area contributed by atoms with Gasteiger partial charge in [0.2, 0.25) is 0 Å². The van der Waals surface area contributed by atoms with Gasteiger partial charge in [-0.15, -0.1) is 11.3 Å². The smallest absolute Gasteiger partial charge is 0.263 e. The minimum Gasteiger partial charge on any atom is -0.494 e. The van der Waals surface area contributed by atoms with Gasteiger partial charge in [0.15, 0.2) is 5.78 Å². The summed E-state index contributed by atoms with van der Waals surface area (Å²) < 4.78 is 19.9. The van der Waals surface area contributed by atoms with Crippen molar-refractivity contribution in [2.45, 2.75) is 13.5 Å². The zero-order valence-corrected chi connectivity index (χ0v) is 16.4. The summed E-state index contributed by atoms with van der Waals surface area (Å²) in [7, 11) is 0. The van der Waals surface area contributed by atoms with Crippen LogP contribution < -0.4 is 10.3 Å². The van der Waals surface area contributed by atoms with Crippen LogP contribution in [0.15, 0.2) is 65.0 Å². The minimum absolute atomic E-state index is 0.117. The molecule has 0 aliphatic rings. The Morgan fingerprint density at radius 1 is 1.14 bits per heavy atom. The Bertz CT molecular complexity index is 1230. The summed E-state index contributed by atoms with van der Waals surface area (Å²) in [4.78, 5) is 30.6. The van der Waals surface area contributed by atoms with Crippen LogP contribution in [0.25, 0.3) is 21.3 Å². The molecule has 5 nitrogen and oxygen atoms in total. The van der Waals surface area contributed by atoms with Gasteiger partial charge in [0.1, 0.15) is 16.4 Å².